The third-order valence-electron chi connectivity index (χ3n) is 2.65. The third kappa shape index (κ3) is 4.51. The van der Waals surface area contributed by atoms with Crippen LogP contribution < -0.4 is 0 Å². The fourth-order valence-corrected chi connectivity index (χ4v) is 2.56. The molecule has 0 aliphatic heterocycles. The SMILES string of the molecule is C=C(Br)CSc1nnc(CC(C)c2ccccc2)o1. The van der Waals surface area contributed by atoms with Gasteiger partial charge in [-0.15, -0.1) is 10.2 Å². The highest BCUT2D eigenvalue weighted by molar-refractivity contribution is 9.11. The van der Waals surface area contributed by atoms with Gasteiger partial charge in [-0.2, -0.15) is 0 Å². The number of hydrogen-bond donors (Lipinski definition) is 0. The van der Waals surface area contributed by atoms with Gasteiger partial charge in [-0.3, -0.25) is 0 Å². The lowest BCUT2D eigenvalue weighted by atomic mass is 9.98. The Morgan fingerprint density at radius 2 is 2.11 bits per heavy atom. The van der Waals surface area contributed by atoms with E-state index in [1.807, 2.05) is 18.2 Å². The minimum Gasteiger partial charge on any atom is -0.416 e. The molecule has 1 atom stereocenters. The number of hydrogen-bond acceptors (Lipinski definition) is 4. The van der Waals surface area contributed by atoms with E-state index < -0.39 is 0 Å². The van der Waals surface area contributed by atoms with Gasteiger partial charge in [0.05, 0.1) is 0 Å². The average molecular weight is 339 g/mol. The molecule has 0 radical (unpaired) electrons. The second-order valence-electron chi connectivity index (χ2n) is 4.28. The smallest absolute Gasteiger partial charge is 0.276 e. The van der Waals surface area contributed by atoms with Crippen molar-refractivity contribution >= 4 is 27.7 Å². The van der Waals surface area contributed by atoms with Gasteiger partial charge in [-0.05, 0) is 16.0 Å². The minimum atomic E-state index is 0.366. The first-order valence-corrected chi connectivity index (χ1v) is 7.76. The van der Waals surface area contributed by atoms with Gasteiger partial charge in [0, 0.05) is 12.2 Å². The topological polar surface area (TPSA) is 38.9 Å². The lowest BCUT2D eigenvalue weighted by Crippen LogP contribution is -1.98. The van der Waals surface area contributed by atoms with E-state index in [1.165, 1.54) is 17.3 Å². The number of nitrogens with zero attached hydrogens (tertiary/aromatic N) is 2. The highest BCUT2D eigenvalue weighted by atomic mass is 79.9. The van der Waals surface area contributed by atoms with Crippen molar-refractivity contribution in [1.82, 2.24) is 10.2 Å². The zero-order valence-corrected chi connectivity index (χ0v) is 13.1. The molecule has 2 aromatic rings. The van der Waals surface area contributed by atoms with Crippen LogP contribution in [0.25, 0.3) is 0 Å². The molecule has 1 unspecified atom stereocenters. The van der Waals surface area contributed by atoms with Crippen molar-refractivity contribution in [3.8, 4) is 0 Å². The predicted molar refractivity (Wildman–Crippen MR) is 81.7 cm³/mol. The number of thioether (sulfide) groups is 1. The fraction of sp³-hybridized carbons (Fsp3) is 0.286. The van der Waals surface area contributed by atoms with Crippen LogP contribution >= 0.6 is 27.7 Å². The van der Waals surface area contributed by atoms with E-state index in [9.17, 15) is 0 Å². The molecule has 0 amide bonds. The van der Waals surface area contributed by atoms with E-state index in [4.69, 9.17) is 4.42 Å². The standard InChI is InChI=1S/C14H15BrN2OS/c1-10(12-6-4-3-5-7-12)8-13-16-17-14(18-13)19-9-11(2)15/h3-7,10H,2,8-9H2,1H3. The molecule has 0 spiro atoms. The maximum Gasteiger partial charge on any atom is 0.276 e. The second kappa shape index (κ2) is 6.91. The van der Waals surface area contributed by atoms with Gasteiger partial charge in [0.25, 0.3) is 5.22 Å². The zero-order chi connectivity index (χ0) is 13.7. The summed E-state index contributed by atoms with van der Waals surface area (Å²) in [5, 5.41) is 8.69. The first kappa shape index (κ1) is 14.3. The first-order valence-electron chi connectivity index (χ1n) is 5.98. The Balaban J connectivity index is 1.94. The maximum absolute atomic E-state index is 5.60. The van der Waals surface area contributed by atoms with Crippen LogP contribution in [-0.4, -0.2) is 16.0 Å². The summed E-state index contributed by atoms with van der Waals surface area (Å²) in [6.07, 6.45) is 0.757. The molecule has 0 fully saturated rings. The molecule has 0 saturated heterocycles. The highest BCUT2D eigenvalue weighted by Gasteiger charge is 2.12. The minimum absolute atomic E-state index is 0.366. The average Bonchev–Trinajstić information content (AvgIpc) is 2.85. The monoisotopic (exact) mass is 338 g/mol. The van der Waals surface area contributed by atoms with Gasteiger partial charge in [0.2, 0.25) is 5.89 Å². The quantitative estimate of drug-likeness (QED) is 0.731. The van der Waals surface area contributed by atoms with E-state index >= 15 is 0 Å². The van der Waals surface area contributed by atoms with Crippen LogP contribution in [0.4, 0.5) is 0 Å². The van der Waals surface area contributed by atoms with Gasteiger partial charge >= 0.3 is 0 Å². The summed E-state index contributed by atoms with van der Waals surface area (Å²) in [6.45, 7) is 5.93. The van der Waals surface area contributed by atoms with E-state index in [1.54, 1.807) is 0 Å². The normalized spacial score (nSPS) is 12.3. The molecule has 100 valence electrons. The predicted octanol–water partition coefficient (Wildman–Crippen LogP) is 4.42. The zero-order valence-electron chi connectivity index (χ0n) is 10.7. The number of rotatable bonds is 6. The van der Waals surface area contributed by atoms with E-state index in [-0.39, 0.29) is 0 Å². The summed E-state index contributed by atoms with van der Waals surface area (Å²) >= 11 is 4.79. The van der Waals surface area contributed by atoms with Gasteiger partial charge in [0.15, 0.2) is 0 Å². The Morgan fingerprint density at radius 3 is 2.79 bits per heavy atom. The van der Waals surface area contributed by atoms with Crippen molar-refractivity contribution < 1.29 is 4.42 Å². The van der Waals surface area contributed by atoms with Crippen molar-refractivity contribution in [2.24, 2.45) is 0 Å². The molecule has 5 heteroatoms. The Morgan fingerprint density at radius 1 is 1.37 bits per heavy atom. The molecule has 1 heterocycles. The van der Waals surface area contributed by atoms with Crippen molar-refractivity contribution in [3.63, 3.8) is 0 Å². The summed E-state index contributed by atoms with van der Waals surface area (Å²) in [6, 6.07) is 10.3. The fourth-order valence-electron chi connectivity index (χ4n) is 1.68. The first-order chi connectivity index (χ1) is 9.15. The molecular weight excluding hydrogens is 324 g/mol. The van der Waals surface area contributed by atoms with Crippen LogP contribution in [-0.2, 0) is 6.42 Å². The highest BCUT2D eigenvalue weighted by Crippen LogP contribution is 2.24. The molecule has 0 N–H and O–H groups in total. The molecular formula is C14H15BrN2OS. The maximum atomic E-state index is 5.60. The number of halogens is 1. The van der Waals surface area contributed by atoms with Crippen LogP contribution in [0.5, 0.6) is 0 Å². The molecule has 0 saturated carbocycles. The second-order valence-corrected chi connectivity index (χ2v) is 6.33. The Bertz CT molecular complexity index is 541. The number of benzene rings is 1. The summed E-state index contributed by atoms with van der Waals surface area (Å²) < 4.78 is 6.52. The summed E-state index contributed by atoms with van der Waals surface area (Å²) in [5.41, 5.74) is 1.28. The van der Waals surface area contributed by atoms with Crippen molar-refractivity contribution in [3.05, 3.63) is 52.8 Å². The van der Waals surface area contributed by atoms with Crippen LogP contribution in [0.2, 0.25) is 0 Å². The Labute approximate surface area is 125 Å². The van der Waals surface area contributed by atoms with Crippen LogP contribution in [0, 0.1) is 0 Å². The van der Waals surface area contributed by atoms with Crippen molar-refractivity contribution in [2.45, 2.75) is 24.5 Å². The van der Waals surface area contributed by atoms with E-state index in [2.05, 4.69) is 51.8 Å². The number of aromatic nitrogens is 2. The molecule has 0 aliphatic carbocycles. The molecule has 1 aromatic carbocycles. The lowest BCUT2D eigenvalue weighted by molar-refractivity contribution is 0.405. The van der Waals surface area contributed by atoms with Gasteiger partial charge in [0.1, 0.15) is 0 Å². The summed E-state index contributed by atoms with van der Waals surface area (Å²) in [4.78, 5) is 0. The van der Waals surface area contributed by atoms with Gasteiger partial charge in [-0.1, -0.05) is 71.5 Å². The summed E-state index contributed by atoms with van der Waals surface area (Å²) in [7, 11) is 0. The Kier molecular flexibility index (Phi) is 5.22. The Hall–Kier alpha value is -1.07. The molecule has 0 aliphatic rings. The third-order valence-corrected chi connectivity index (χ3v) is 4.21. The molecule has 19 heavy (non-hydrogen) atoms. The van der Waals surface area contributed by atoms with E-state index in [0.717, 1.165) is 16.7 Å². The van der Waals surface area contributed by atoms with Gasteiger partial charge < -0.3 is 4.42 Å². The van der Waals surface area contributed by atoms with Crippen LogP contribution in [0.1, 0.15) is 24.3 Å². The molecule has 1 aromatic heterocycles. The van der Waals surface area contributed by atoms with Crippen LogP contribution in [0.3, 0.4) is 0 Å². The van der Waals surface area contributed by atoms with E-state index in [0.29, 0.717) is 17.0 Å². The lowest BCUT2D eigenvalue weighted by Gasteiger charge is -2.08. The molecule has 2 rings (SSSR count). The largest absolute Gasteiger partial charge is 0.416 e. The van der Waals surface area contributed by atoms with Gasteiger partial charge in [-0.25, -0.2) is 0 Å². The molecule has 0 bridgehead atoms. The van der Waals surface area contributed by atoms with Crippen molar-refractivity contribution in [1.29, 1.82) is 0 Å². The van der Waals surface area contributed by atoms with Crippen LogP contribution in [0.15, 0.2) is 51.0 Å². The van der Waals surface area contributed by atoms with Crippen molar-refractivity contribution in [2.75, 3.05) is 5.75 Å². The summed E-state index contributed by atoms with van der Waals surface area (Å²) in [5.74, 6) is 1.78. The molecule has 3 nitrogen and oxygen atoms in total.